The van der Waals surface area contributed by atoms with E-state index in [1.165, 1.54) is 0 Å². The van der Waals surface area contributed by atoms with Crippen LogP contribution in [0.5, 0.6) is 5.75 Å². The number of esters is 1. The van der Waals surface area contributed by atoms with Gasteiger partial charge in [-0.25, -0.2) is 4.98 Å². The summed E-state index contributed by atoms with van der Waals surface area (Å²) in [6, 6.07) is 13.0. The Bertz CT molecular complexity index is 1040. The first kappa shape index (κ1) is 20.7. The molecule has 8 nitrogen and oxygen atoms in total. The van der Waals surface area contributed by atoms with E-state index in [1.807, 2.05) is 50.2 Å². The van der Waals surface area contributed by atoms with E-state index < -0.39 is 0 Å². The summed E-state index contributed by atoms with van der Waals surface area (Å²) in [5, 5.41) is 3.30. The van der Waals surface area contributed by atoms with Crippen molar-refractivity contribution in [3.8, 4) is 17.0 Å². The van der Waals surface area contributed by atoms with Crippen LogP contribution in [0.3, 0.4) is 0 Å². The highest BCUT2D eigenvalue weighted by Crippen LogP contribution is 2.28. The Morgan fingerprint density at radius 1 is 1.13 bits per heavy atom. The number of rotatable bonds is 6. The zero-order valence-corrected chi connectivity index (χ0v) is 17.6. The number of anilines is 3. The smallest absolute Gasteiger partial charge is 0.313 e. The van der Waals surface area contributed by atoms with Gasteiger partial charge in [0.15, 0.2) is 0 Å². The minimum absolute atomic E-state index is 0.203. The third-order valence-corrected chi connectivity index (χ3v) is 4.76. The van der Waals surface area contributed by atoms with Gasteiger partial charge in [0.2, 0.25) is 5.95 Å². The van der Waals surface area contributed by atoms with Crippen LogP contribution in [-0.2, 0) is 9.53 Å². The van der Waals surface area contributed by atoms with Gasteiger partial charge in [-0.3, -0.25) is 9.78 Å². The monoisotopic (exact) mass is 419 g/mol. The number of carbonyl (C=O) groups is 1. The highest BCUT2D eigenvalue weighted by molar-refractivity contribution is 5.75. The third kappa shape index (κ3) is 5.35. The first-order chi connectivity index (χ1) is 15.1. The minimum Gasteiger partial charge on any atom is -0.426 e. The quantitative estimate of drug-likeness (QED) is 0.478. The number of hydrogen-bond donors (Lipinski definition) is 1. The molecule has 1 aliphatic rings. The van der Waals surface area contributed by atoms with E-state index in [2.05, 4.69) is 15.2 Å². The molecule has 1 aliphatic heterocycles. The summed E-state index contributed by atoms with van der Waals surface area (Å²) in [5.74, 6) is 1.30. The van der Waals surface area contributed by atoms with Crippen molar-refractivity contribution >= 4 is 23.4 Å². The average Bonchev–Trinajstić information content (AvgIpc) is 2.80. The molecule has 0 amide bonds. The maximum absolute atomic E-state index is 12.0. The van der Waals surface area contributed by atoms with E-state index in [0.717, 1.165) is 30.0 Å². The number of ether oxygens (including phenoxy) is 2. The Balaban J connectivity index is 1.69. The van der Waals surface area contributed by atoms with Crippen LogP contribution < -0.4 is 15.0 Å². The van der Waals surface area contributed by atoms with Crippen molar-refractivity contribution in [2.24, 2.45) is 5.92 Å². The zero-order chi connectivity index (χ0) is 21.6. The summed E-state index contributed by atoms with van der Waals surface area (Å²) in [7, 11) is 0. The molecule has 1 saturated heterocycles. The normalized spacial score (nSPS) is 13.8. The predicted molar refractivity (Wildman–Crippen MR) is 118 cm³/mol. The largest absolute Gasteiger partial charge is 0.426 e. The first-order valence-corrected chi connectivity index (χ1v) is 10.3. The van der Waals surface area contributed by atoms with Crippen LogP contribution in [0.4, 0.5) is 17.5 Å². The summed E-state index contributed by atoms with van der Waals surface area (Å²) in [6.45, 7) is 6.34. The highest BCUT2D eigenvalue weighted by atomic mass is 16.5. The summed E-state index contributed by atoms with van der Waals surface area (Å²) < 4.78 is 10.9. The van der Waals surface area contributed by atoms with Gasteiger partial charge in [0, 0.05) is 30.9 Å². The van der Waals surface area contributed by atoms with Crippen LogP contribution in [0.25, 0.3) is 11.3 Å². The fourth-order valence-electron chi connectivity index (χ4n) is 3.09. The fraction of sp³-hybridized carbons (Fsp3) is 0.304. The number of carbonyl (C=O) groups excluding carboxylic acids is 1. The van der Waals surface area contributed by atoms with Gasteiger partial charge < -0.3 is 19.7 Å². The molecule has 3 aromatic rings. The summed E-state index contributed by atoms with van der Waals surface area (Å²) in [6.07, 6.45) is 3.46. The van der Waals surface area contributed by atoms with Crippen molar-refractivity contribution in [2.45, 2.75) is 13.8 Å². The van der Waals surface area contributed by atoms with Crippen LogP contribution in [0.15, 0.2) is 54.9 Å². The molecule has 31 heavy (non-hydrogen) atoms. The molecule has 1 fully saturated rings. The number of nitrogens with one attached hydrogen (secondary N) is 1. The highest BCUT2D eigenvalue weighted by Gasteiger charge is 2.17. The van der Waals surface area contributed by atoms with Crippen molar-refractivity contribution in [3.05, 3.63) is 54.9 Å². The van der Waals surface area contributed by atoms with Crippen LogP contribution >= 0.6 is 0 Å². The van der Waals surface area contributed by atoms with E-state index in [4.69, 9.17) is 19.4 Å². The van der Waals surface area contributed by atoms with Gasteiger partial charge in [-0.1, -0.05) is 26.0 Å². The lowest BCUT2D eigenvalue weighted by Gasteiger charge is -2.27. The number of aromatic nitrogens is 3. The standard InChI is InChI=1S/C23H25N5O3/c1-16(2)22(29)31-19-7-3-5-17(13-19)20-14-21(25-18-6-4-8-24-15-18)27-23(26-20)28-9-11-30-12-10-28/h3-8,13-16H,9-12H2,1-2H3,(H,25,26,27). The third-order valence-electron chi connectivity index (χ3n) is 4.76. The fourth-order valence-corrected chi connectivity index (χ4v) is 3.09. The predicted octanol–water partition coefficient (Wildman–Crippen LogP) is 3.68. The maximum Gasteiger partial charge on any atom is 0.313 e. The van der Waals surface area contributed by atoms with Gasteiger partial charge in [0.1, 0.15) is 11.6 Å². The van der Waals surface area contributed by atoms with Gasteiger partial charge >= 0.3 is 5.97 Å². The first-order valence-electron chi connectivity index (χ1n) is 10.3. The van der Waals surface area contributed by atoms with Gasteiger partial charge in [-0.05, 0) is 24.3 Å². The van der Waals surface area contributed by atoms with Crippen molar-refractivity contribution in [1.29, 1.82) is 0 Å². The molecular weight excluding hydrogens is 394 g/mol. The van der Waals surface area contributed by atoms with Crippen LogP contribution in [0, 0.1) is 5.92 Å². The van der Waals surface area contributed by atoms with E-state index in [-0.39, 0.29) is 11.9 Å². The molecule has 0 atom stereocenters. The van der Waals surface area contributed by atoms with Crippen LogP contribution in [0.1, 0.15) is 13.8 Å². The number of hydrogen-bond acceptors (Lipinski definition) is 8. The summed E-state index contributed by atoms with van der Waals surface area (Å²) in [4.78, 5) is 27.7. The molecule has 1 N–H and O–H groups in total. The molecule has 8 heteroatoms. The van der Waals surface area contributed by atoms with Gasteiger partial charge in [0.05, 0.1) is 36.7 Å². The number of benzene rings is 1. The van der Waals surface area contributed by atoms with E-state index >= 15 is 0 Å². The molecule has 0 radical (unpaired) electrons. The van der Waals surface area contributed by atoms with Crippen molar-refractivity contribution in [1.82, 2.24) is 15.0 Å². The lowest BCUT2D eigenvalue weighted by atomic mass is 10.1. The molecule has 0 unspecified atom stereocenters. The Morgan fingerprint density at radius 2 is 1.97 bits per heavy atom. The molecule has 0 aliphatic carbocycles. The molecular formula is C23H25N5O3. The second kappa shape index (κ2) is 9.53. The average molecular weight is 419 g/mol. The number of morpholine rings is 1. The molecule has 1 aromatic carbocycles. The second-order valence-electron chi connectivity index (χ2n) is 7.51. The Labute approximate surface area is 181 Å². The lowest BCUT2D eigenvalue weighted by Crippen LogP contribution is -2.37. The van der Waals surface area contributed by atoms with Crippen LogP contribution in [-0.4, -0.2) is 47.2 Å². The topological polar surface area (TPSA) is 89.5 Å². The van der Waals surface area contributed by atoms with E-state index in [9.17, 15) is 4.79 Å². The Morgan fingerprint density at radius 3 is 2.71 bits per heavy atom. The Kier molecular flexibility index (Phi) is 6.37. The molecule has 160 valence electrons. The lowest BCUT2D eigenvalue weighted by molar-refractivity contribution is -0.137. The van der Waals surface area contributed by atoms with Gasteiger partial charge in [0.25, 0.3) is 0 Å². The van der Waals surface area contributed by atoms with E-state index in [1.54, 1.807) is 18.5 Å². The zero-order valence-electron chi connectivity index (χ0n) is 17.6. The van der Waals surface area contributed by atoms with E-state index in [0.29, 0.717) is 30.7 Å². The molecule has 2 aromatic heterocycles. The SMILES string of the molecule is CC(C)C(=O)Oc1cccc(-c2cc(Nc3cccnc3)nc(N3CCOCC3)n2)c1. The maximum atomic E-state index is 12.0. The summed E-state index contributed by atoms with van der Waals surface area (Å²) >= 11 is 0. The number of pyridine rings is 1. The second-order valence-corrected chi connectivity index (χ2v) is 7.51. The molecule has 4 rings (SSSR count). The van der Waals surface area contributed by atoms with Gasteiger partial charge in [-0.2, -0.15) is 4.98 Å². The van der Waals surface area contributed by atoms with Crippen molar-refractivity contribution in [3.63, 3.8) is 0 Å². The van der Waals surface area contributed by atoms with Crippen LogP contribution in [0.2, 0.25) is 0 Å². The van der Waals surface area contributed by atoms with Crippen molar-refractivity contribution < 1.29 is 14.3 Å². The molecule has 0 bridgehead atoms. The molecule has 3 heterocycles. The molecule has 0 spiro atoms. The Hall–Kier alpha value is -3.52. The van der Waals surface area contributed by atoms with Crippen molar-refractivity contribution in [2.75, 3.05) is 36.5 Å². The summed E-state index contributed by atoms with van der Waals surface area (Å²) in [5.41, 5.74) is 2.39. The molecule has 0 saturated carbocycles. The minimum atomic E-state index is -0.271. The number of nitrogens with zero attached hydrogens (tertiary/aromatic N) is 4. The van der Waals surface area contributed by atoms with Gasteiger partial charge in [-0.15, -0.1) is 0 Å².